The number of piperidine rings is 3. The van der Waals surface area contributed by atoms with Crippen molar-refractivity contribution in [2.45, 2.75) is 118 Å². The number of hydrogen-bond donors (Lipinski definition) is 2. The Morgan fingerprint density at radius 1 is 0.979 bits per heavy atom. The zero-order valence-corrected chi connectivity index (χ0v) is 28.3. The Hall–Kier alpha value is -2.91. The van der Waals surface area contributed by atoms with Crippen LogP contribution in [0.25, 0.3) is 0 Å². The largest absolute Gasteiger partial charge is 0.466 e. The van der Waals surface area contributed by atoms with E-state index < -0.39 is 0 Å². The van der Waals surface area contributed by atoms with E-state index in [-0.39, 0.29) is 52.0 Å². The number of ether oxygens (including phenoxy) is 3. The van der Waals surface area contributed by atoms with Crippen molar-refractivity contribution < 1.29 is 19.0 Å². The Morgan fingerprint density at radius 2 is 1.85 bits per heavy atom. The lowest BCUT2D eigenvalue weighted by Crippen LogP contribution is -2.67. The fourth-order valence-electron chi connectivity index (χ4n) is 14.3. The van der Waals surface area contributed by atoms with Crippen molar-refractivity contribution in [1.29, 1.82) is 0 Å². The van der Waals surface area contributed by atoms with Gasteiger partial charge < -0.3 is 24.8 Å². The monoisotopic (exact) mass is 646 g/mol. The number of esters is 1. The molecule has 0 radical (unpaired) electrons. The Balaban J connectivity index is 0.969. The van der Waals surface area contributed by atoms with Crippen LogP contribution in [0.3, 0.4) is 0 Å². The van der Waals surface area contributed by atoms with Crippen molar-refractivity contribution in [2.75, 3.05) is 37.4 Å². The van der Waals surface area contributed by atoms with E-state index >= 15 is 0 Å². The Kier molecular flexibility index (Phi) is 5.04. The maximum Gasteiger partial charge on any atom is 0.335 e. The highest BCUT2D eigenvalue weighted by molar-refractivity contribution is 5.93. The molecular weight excluding hydrogens is 600 g/mol. The summed E-state index contributed by atoms with van der Waals surface area (Å²) in [7, 11) is 1.53. The molecule has 250 valence electrons. The summed E-state index contributed by atoms with van der Waals surface area (Å²) in [6.07, 6.45) is 8.79. The van der Waals surface area contributed by atoms with Gasteiger partial charge in [0.25, 0.3) is 0 Å². The van der Waals surface area contributed by atoms with E-state index in [0.29, 0.717) is 30.6 Å². The SMILES string of the molecule is CC[C@@]12CC[C@@]34Nc5ccc([C@H]6[C@H]7O[C@H]7[C@@]7(CC)CC(C(=O)OC)=C8Nc9ccccc9[C@@]89CCN6[C@@H]79)cc5[C@@H]3CCN(C[C@H]3O[C@H]31)[C@@H]24. The smallest absolute Gasteiger partial charge is 0.335 e. The van der Waals surface area contributed by atoms with Crippen LogP contribution in [-0.2, 0) is 24.4 Å². The topological polar surface area (TPSA) is 81.9 Å². The standard InChI is InChI=1S/C40H46N4O4/c1-4-37-13-14-40-24(12-16-43(36(37)40)20-28-32(37)47-28)22-18-21(10-11-26(22)42-40)29-30-33(48-30)38(5-2)19-23(34(45)46-3)31-39(15-17-44(29)35(38)39)25-8-6-7-9-27(25)41-31/h6-11,18,24,28-30,32-33,35-36,41-42H,4-5,12-17,19-20H2,1-3H3/t24-,28+,29-,30+,32+,33+,35-,36-,37+,38+,39-,40+/m0/s1. The van der Waals surface area contributed by atoms with Crippen LogP contribution >= 0.6 is 0 Å². The first-order valence-electron chi connectivity index (χ1n) is 18.9. The van der Waals surface area contributed by atoms with E-state index in [9.17, 15) is 4.79 Å². The van der Waals surface area contributed by atoms with Crippen LogP contribution in [0.4, 0.5) is 11.4 Å². The van der Waals surface area contributed by atoms with Gasteiger partial charge >= 0.3 is 5.97 Å². The first-order chi connectivity index (χ1) is 23.4. The molecule has 6 saturated heterocycles. The van der Waals surface area contributed by atoms with E-state index in [1.54, 1.807) is 5.56 Å². The molecule has 10 aliphatic rings. The number of methoxy groups -OCH3 is 1. The second-order valence-corrected chi connectivity index (χ2v) is 17.0. The number of hydrogen-bond acceptors (Lipinski definition) is 8. The minimum Gasteiger partial charge on any atom is -0.466 e. The predicted molar refractivity (Wildman–Crippen MR) is 181 cm³/mol. The molecule has 7 fully saturated rings. The van der Waals surface area contributed by atoms with E-state index in [1.807, 2.05) is 0 Å². The Morgan fingerprint density at radius 3 is 2.71 bits per heavy atom. The lowest BCUT2D eigenvalue weighted by molar-refractivity contribution is -0.137. The molecule has 1 saturated carbocycles. The van der Waals surface area contributed by atoms with Crippen LogP contribution in [0.1, 0.15) is 87.4 Å². The summed E-state index contributed by atoms with van der Waals surface area (Å²) in [5, 5.41) is 8.03. The number of rotatable bonds is 4. The van der Waals surface area contributed by atoms with Gasteiger partial charge in [0, 0.05) is 59.0 Å². The van der Waals surface area contributed by atoms with Crippen LogP contribution in [-0.4, -0.2) is 84.6 Å². The second kappa shape index (κ2) is 8.68. The Labute approximate surface area is 282 Å². The highest BCUT2D eigenvalue weighted by atomic mass is 16.6. The highest BCUT2D eigenvalue weighted by Gasteiger charge is 2.77. The average molecular weight is 647 g/mol. The van der Waals surface area contributed by atoms with Crippen molar-refractivity contribution in [3.05, 3.63) is 70.4 Å². The molecule has 0 bridgehead atoms. The minimum absolute atomic E-state index is 0.110. The van der Waals surface area contributed by atoms with Gasteiger partial charge in [-0.05, 0) is 80.3 Å². The fourth-order valence-corrected chi connectivity index (χ4v) is 14.3. The predicted octanol–water partition coefficient (Wildman–Crippen LogP) is 5.47. The summed E-state index contributed by atoms with van der Waals surface area (Å²) < 4.78 is 18.7. The van der Waals surface area contributed by atoms with Crippen molar-refractivity contribution in [3.8, 4) is 0 Å². The number of epoxide rings is 2. The molecule has 2 N–H and O–H groups in total. The van der Waals surface area contributed by atoms with Gasteiger partial charge in [0.05, 0.1) is 48.0 Å². The van der Waals surface area contributed by atoms with Crippen LogP contribution in [0.2, 0.25) is 0 Å². The van der Waals surface area contributed by atoms with E-state index in [4.69, 9.17) is 14.2 Å². The molecule has 2 aliphatic carbocycles. The summed E-state index contributed by atoms with van der Waals surface area (Å²) in [4.78, 5) is 19.2. The molecule has 8 nitrogen and oxygen atoms in total. The molecule has 12 rings (SSSR count). The third kappa shape index (κ3) is 2.87. The van der Waals surface area contributed by atoms with Crippen LogP contribution < -0.4 is 10.6 Å². The molecule has 0 aromatic heterocycles. The maximum atomic E-state index is 13.5. The number of nitrogens with zero attached hydrogens (tertiary/aromatic N) is 2. The van der Waals surface area contributed by atoms with Gasteiger partial charge in [0.2, 0.25) is 0 Å². The van der Waals surface area contributed by atoms with E-state index in [1.165, 1.54) is 56.2 Å². The molecule has 48 heavy (non-hydrogen) atoms. The number of carbonyl (C=O) groups is 1. The summed E-state index contributed by atoms with van der Waals surface area (Å²) in [5.41, 5.74) is 8.70. The summed E-state index contributed by atoms with van der Waals surface area (Å²) in [6, 6.07) is 17.2. The molecule has 2 aromatic rings. The van der Waals surface area contributed by atoms with Gasteiger partial charge in [-0.2, -0.15) is 0 Å². The number of carbonyl (C=O) groups excluding carboxylic acids is 1. The third-order valence-corrected chi connectivity index (χ3v) is 16.0. The number of fused-ring (bicyclic) bond motifs is 7. The first-order valence-corrected chi connectivity index (χ1v) is 18.9. The molecule has 8 aliphatic heterocycles. The third-order valence-electron chi connectivity index (χ3n) is 16.0. The summed E-state index contributed by atoms with van der Waals surface area (Å²) >= 11 is 0. The highest BCUT2D eigenvalue weighted by Crippen LogP contribution is 2.72. The number of benzene rings is 2. The quantitative estimate of drug-likeness (QED) is 0.335. The molecule has 12 atom stereocenters. The fraction of sp³-hybridized carbons (Fsp3) is 0.625. The van der Waals surface area contributed by atoms with Gasteiger partial charge in [-0.25, -0.2) is 4.79 Å². The number of nitrogens with one attached hydrogen (secondary N) is 2. The minimum atomic E-state index is -0.268. The molecule has 8 heteroatoms. The van der Waals surface area contributed by atoms with Crippen molar-refractivity contribution in [3.63, 3.8) is 0 Å². The zero-order valence-electron chi connectivity index (χ0n) is 28.3. The molecule has 2 spiro atoms. The molecule has 0 unspecified atom stereocenters. The maximum absolute atomic E-state index is 13.5. The van der Waals surface area contributed by atoms with Crippen LogP contribution in [0, 0.1) is 10.8 Å². The van der Waals surface area contributed by atoms with Gasteiger partial charge in [-0.15, -0.1) is 0 Å². The molecule has 8 heterocycles. The van der Waals surface area contributed by atoms with Crippen LogP contribution in [0.15, 0.2) is 53.7 Å². The van der Waals surface area contributed by atoms with E-state index in [2.05, 4.69) is 76.7 Å². The summed E-state index contributed by atoms with van der Waals surface area (Å²) in [5.74, 6) is 0.342. The van der Waals surface area contributed by atoms with Gasteiger partial charge in [0.15, 0.2) is 0 Å². The van der Waals surface area contributed by atoms with Gasteiger partial charge in [0.1, 0.15) is 6.10 Å². The summed E-state index contributed by atoms with van der Waals surface area (Å²) in [6.45, 7) is 8.01. The van der Waals surface area contributed by atoms with Crippen molar-refractivity contribution in [2.24, 2.45) is 10.8 Å². The first kappa shape index (κ1) is 27.9. The number of para-hydroxylation sites is 1. The van der Waals surface area contributed by atoms with Gasteiger partial charge in [-0.1, -0.05) is 44.2 Å². The molecular formula is C40H46N4O4. The zero-order chi connectivity index (χ0) is 31.9. The molecule has 0 amide bonds. The molecule has 2 aromatic carbocycles. The lowest BCUT2D eigenvalue weighted by Gasteiger charge is -2.56. The average Bonchev–Trinajstić information content (AvgIpc) is 3.94. The second-order valence-electron chi connectivity index (χ2n) is 17.0. The normalized spacial score (nSPS) is 47.7. The Bertz CT molecular complexity index is 1860. The van der Waals surface area contributed by atoms with Crippen LogP contribution in [0.5, 0.6) is 0 Å². The van der Waals surface area contributed by atoms with E-state index in [0.717, 1.165) is 42.9 Å². The van der Waals surface area contributed by atoms with Crippen molar-refractivity contribution in [1.82, 2.24) is 9.80 Å². The van der Waals surface area contributed by atoms with Crippen molar-refractivity contribution >= 4 is 17.3 Å². The number of anilines is 2. The van der Waals surface area contributed by atoms with Gasteiger partial charge in [-0.3, -0.25) is 9.80 Å². The lowest BCUT2D eigenvalue weighted by atomic mass is 9.53.